The van der Waals surface area contributed by atoms with Crippen molar-refractivity contribution in [2.45, 2.75) is 52.4 Å². The highest BCUT2D eigenvalue weighted by molar-refractivity contribution is 6.02. The highest BCUT2D eigenvalue weighted by atomic mass is 14.9. The molecule has 31 heavy (non-hydrogen) atoms. The summed E-state index contributed by atoms with van der Waals surface area (Å²) in [5.74, 6) is 0.653. The van der Waals surface area contributed by atoms with Gasteiger partial charge in [0.25, 0.3) is 0 Å². The molecule has 1 aliphatic carbocycles. The number of rotatable bonds is 3. The maximum Gasteiger partial charge on any atom is 0.220 e. The van der Waals surface area contributed by atoms with Crippen LogP contribution in [0.3, 0.4) is 0 Å². The molecule has 4 aromatic rings. The Kier molecular flexibility index (Phi) is 5.09. The maximum atomic E-state index is 4.87. The molecule has 2 aromatic carbocycles. The van der Waals surface area contributed by atoms with E-state index >= 15 is 0 Å². The molecule has 1 fully saturated rings. The molecule has 0 spiro atoms. The van der Waals surface area contributed by atoms with Crippen LogP contribution in [-0.4, -0.2) is 4.98 Å². The monoisotopic (exact) mass is 407 g/mol. The standard InChI is InChI=1S/C29H31N2/c1-19-16-20(2)21(3)27(17-19)29-26-11-7-10-24(25(26)14-15-31(29)4)23-12-13-28(30-18-23)22-8-5-6-9-22/h7,10-18,22H,5-6,8-9H2,1-4H3/q+1. The first-order chi connectivity index (χ1) is 15.0. The van der Waals surface area contributed by atoms with E-state index in [-0.39, 0.29) is 0 Å². The van der Waals surface area contributed by atoms with Gasteiger partial charge in [0, 0.05) is 34.8 Å². The quantitative estimate of drug-likeness (QED) is 0.335. The molecule has 0 saturated heterocycles. The van der Waals surface area contributed by atoms with Gasteiger partial charge in [0.2, 0.25) is 5.69 Å². The van der Waals surface area contributed by atoms with Crippen molar-refractivity contribution in [3.63, 3.8) is 0 Å². The van der Waals surface area contributed by atoms with E-state index in [4.69, 9.17) is 4.98 Å². The van der Waals surface area contributed by atoms with Gasteiger partial charge in [-0.2, -0.15) is 0 Å². The molecule has 156 valence electrons. The second-order valence-corrected chi connectivity index (χ2v) is 9.25. The van der Waals surface area contributed by atoms with Gasteiger partial charge < -0.3 is 0 Å². The van der Waals surface area contributed by atoms with Crippen molar-refractivity contribution in [2.75, 3.05) is 0 Å². The number of fused-ring (bicyclic) bond motifs is 1. The highest BCUT2D eigenvalue weighted by Gasteiger charge is 2.21. The minimum absolute atomic E-state index is 0.653. The fraction of sp³-hybridized carbons (Fsp3) is 0.310. The summed E-state index contributed by atoms with van der Waals surface area (Å²) in [7, 11) is 2.15. The van der Waals surface area contributed by atoms with E-state index < -0.39 is 0 Å². The number of aryl methyl sites for hydroxylation is 3. The number of hydrogen-bond donors (Lipinski definition) is 0. The molecule has 2 aromatic heterocycles. The van der Waals surface area contributed by atoms with E-state index in [1.807, 2.05) is 0 Å². The third-order valence-corrected chi connectivity index (χ3v) is 7.12. The molecule has 0 bridgehead atoms. The number of hydrogen-bond acceptors (Lipinski definition) is 1. The first kappa shape index (κ1) is 19.9. The smallest absolute Gasteiger partial charge is 0.220 e. The van der Waals surface area contributed by atoms with Crippen LogP contribution in [0.1, 0.15) is 54.0 Å². The summed E-state index contributed by atoms with van der Waals surface area (Å²) in [6, 6.07) is 18.0. The fourth-order valence-electron chi connectivity index (χ4n) is 5.30. The van der Waals surface area contributed by atoms with Crippen molar-refractivity contribution < 1.29 is 4.57 Å². The molecule has 1 saturated carbocycles. The normalized spacial score (nSPS) is 14.5. The lowest BCUT2D eigenvalue weighted by atomic mass is 9.92. The Hall–Kier alpha value is -3.00. The first-order valence-corrected chi connectivity index (χ1v) is 11.5. The van der Waals surface area contributed by atoms with Crippen molar-refractivity contribution in [3.8, 4) is 22.4 Å². The summed E-state index contributed by atoms with van der Waals surface area (Å²) in [6.45, 7) is 6.63. The molecule has 0 aliphatic heterocycles. The second kappa shape index (κ2) is 7.92. The molecule has 0 amide bonds. The predicted molar refractivity (Wildman–Crippen MR) is 129 cm³/mol. The van der Waals surface area contributed by atoms with Crippen LogP contribution in [0, 0.1) is 20.8 Å². The molecule has 2 heteroatoms. The fourth-order valence-corrected chi connectivity index (χ4v) is 5.30. The van der Waals surface area contributed by atoms with Gasteiger partial charge in [0.05, 0.1) is 10.9 Å². The van der Waals surface area contributed by atoms with Gasteiger partial charge in [0.15, 0.2) is 6.20 Å². The molecule has 2 nitrogen and oxygen atoms in total. The van der Waals surface area contributed by atoms with Crippen LogP contribution in [0.2, 0.25) is 0 Å². The topological polar surface area (TPSA) is 16.8 Å². The summed E-state index contributed by atoms with van der Waals surface area (Å²) in [5, 5.41) is 2.57. The summed E-state index contributed by atoms with van der Waals surface area (Å²) in [6.07, 6.45) is 9.53. The predicted octanol–water partition coefficient (Wildman–Crippen LogP) is 6.98. The van der Waals surface area contributed by atoms with Crippen molar-refractivity contribution in [1.29, 1.82) is 0 Å². The summed E-state index contributed by atoms with van der Waals surface area (Å²) >= 11 is 0. The van der Waals surface area contributed by atoms with E-state index in [0.717, 1.165) is 0 Å². The van der Waals surface area contributed by atoms with Crippen molar-refractivity contribution in [1.82, 2.24) is 4.98 Å². The highest BCUT2D eigenvalue weighted by Crippen LogP contribution is 2.36. The van der Waals surface area contributed by atoms with E-state index in [9.17, 15) is 0 Å². The zero-order valence-corrected chi connectivity index (χ0v) is 19.1. The van der Waals surface area contributed by atoms with Crippen molar-refractivity contribution >= 4 is 10.8 Å². The van der Waals surface area contributed by atoms with Gasteiger partial charge in [-0.1, -0.05) is 42.7 Å². The Bertz CT molecular complexity index is 1260. The lowest BCUT2D eigenvalue weighted by molar-refractivity contribution is -0.659. The zero-order chi connectivity index (χ0) is 21.5. The van der Waals surface area contributed by atoms with Crippen LogP contribution in [0.5, 0.6) is 0 Å². The van der Waals surface area contributed by atoms with E-state index in [1.165, 1.54) is 81.2 Å². The molecule has 0 radical (unpaired) electrons. The van der Waals surface area contributed by atoms with Crippen molar-refractivity contribution in [3.05, 3.63) is 83.3 Å². The number of pyridine rings is 2. The lowest BCUT2D eigenvalue weighted by Gasteiger charge is -2.14. The Labute approximate surface area is 185 Å². The molecule has 2 heterocycles. The first-order valence-electron chi connectivity index (χ1n) is 11.5. The van der Waals surface area contributed by atoms with Crippen LogP contribution in [0.15, 0.2) is 60.9 Å². The van der Waals surface area contributed by atoms with E-state index in [1.54, 1.807) is 0 Å². The summed E-state index contributed by atoms with van der Waals surface area (Å²) in [5.41, 5.74) is 10.3. The van der Waals surface area contributed by atoms with Gasteiger partial charge in [-0.15, -0.1) is 0 Å². The van der Waals surface area contributed by atoms with Gasteiger partial charge in [-0.25, -0.2) is 4.57 Å². The molecular weight excluding hydrogens is 376 g/mol. The minimum atomic E-state index is 0.653. The van der Waals surface area contributed by atoms with E-state index in [2.05, 4.69) is 93.3 Å². The van der Waals surface area contributed by atoms with Crippen molar-refractivity contribution in [2.24, 2.45) is 7.05 Å². The number of benzene rings is 2. The van der Waals surface area contributed by atoms with Crippen LogP contribution in [-0.2, 0) is 7.05 Å². The minimum Gasteiger partial charge on any atom is -0.260 e. The average Bonchev–Trinajstić information content (AvgIpc) is 3.31. The largest absolute Gasteiger partial charge is 0.260 e. The Balaban J connectivity index is 1.67. The molecule has 0 atom stereocenters. The average molecular weight is 408 g/mol. The summed E-state index contributed by atoms with van der Waals surface area (Å²) in [4.78, 5) is 4.87. The molecule has 0 N–H and O–H groups in total. The van der Waals surface area contributed by atoms with Gasteiger partial charge in [-0.05, 0) is 68.5 Å². The van der Waals surface area contributed by atoms with Crippen LogP contribution < -0.4 is 4.57 Å². The summed E-state index contributed by atoms with van der Waals surface area (Å²) < 4.78 is 2.26. The SMILES string of the molecule is Cc1cc(C)c(C)c(-c2c3cccc(-c4ccc(C5CCCC5)nc4)c3cc[n+]2C)c1. The van der Waals surface area contributed by atoms with Gasteiger partial charge in [-0.3, -0.25) is 4.98 Å². The van der Waals surface area contributed by atoms with Gasteiger partial charge >= 0.3 is 0 Å². The van der Waals surface area contributed by atoms with Crippen LogP contribution in [0.25, 0.3) is 33.2 Å². The Morgan fingerprint density at radius 2 is 1.68 bits per heavy atom. The maximum absolute atomic E-state index is 4.87. The van der Waals surface area contributed by atoms with Gasteiger partial charge in [0.1, 0.15) is 7.05 Å². The molecule has 5 rings (SSSR count). The Morgan fingerprint density at radius 3 is 2.42 bits per heavy atom. The number of aromatic nitrogens is 2. The van der Waals surface area contributed by atoms with E-state index in [0.29, 0.717) is 5.92 Å². The molecule has 0 unspecified atom stereocenters. The second-order valence-electron chi connectivity index (χ2n) is 9.25. The third-order valence-electron chi connectivity index (χ3n) is 7.12. The van der Waals surface area contributed by atoms with Crippen LogP contribution in [0.4, 0.5) is 0 Å². The Morgan fingerprint density at radius 1 is 0.871 bits per heavy atom. The third kappa shape index (κ3) is 3.54. The number of nitrogens with zero attached hydrogens (tertiary/aromatic N) is 2. The molecule has 1 aliphatic rings. The lowest BCUT2D eigenvalue weighted by Crippen LogP contribution is -2.31. The zero-order valence-electron chi connectivity index (χ0n) is 19.1. The molecular formula is C29H31N2+. The van der Waals surface area contributed by atoms with Crippen LogP contribution >= 0.6 is 0 Å².